The fourth-order valence-electron chi connectivity index (χ4n) is 2.11. The van der Waals surface area contributed by atoms with Gasteiger partial charge in [-0.1, -0.05) is 6.07 Å². The molecule has 108 valence electrons. The predicted octanol–water partition coefficient (Wildman–Crippen LogP) is 0.0581. The zero-order valence-electron chi connectivity index (χ0n) is 10.7. The number of hydrogen-bond donors (Lipinski definition) is 3. The Labute approximate surface area is 119 Å². The highest BCUT2D eigenvalue weighted by Crippen LogP contribution is 2.16. The van der Waals surface area contributed by atoms with Crippen molar-refractivity contribution >= 4 is 29.1 Å². The van der Waals surface area contributed by atoms with Gasteiger partial charge >= 0.3 is 5.97 Å². The van der Waals surface area contributed by atoms with E-state index in [1.807, 2.05) is 0 Å². The van der Waals surface area contributed by atoms with Gasteiger partial charge in [-0.05, 0) is 30.8 Å². The minimum absolute atomic E-state index is 0.0400. The number of amides is 2. The smallest absolute Gasteiger partial charge is 0.320 e. The van der Waals surface area contributed by atoms with E-state index < -0.39 is 17.9 Å². The molecule has 2 heterocycles. The number of nitrogens with zero attached hydrogens (tertiary/aromatic N) is 1. The average Bonchev–Trinajstić information content (AvgIpc) is 3.06. The summed E-state index contributed by atoms with van der Waals surface area (Å²) in [4.78, 5) is 36.3. The second kappa shape index (κ2) is 6.49. The Morgan fingerprint density at radius 2 is 2.20 bits per heavy atom. The molecule has 1 aliphatic rings. The van der Waals surface area contributed by atoms with Crippen LogP contribution in [0.2, 0.25) is 0 Å². The first-order valence-corrected chi connectivity index (χ1v) is 7.05. The Balaban J connectivity index is 1.78. The molecule has 8 heteroatoms. The van der Waals surface area contributed by atoms with Gasteiger partial charge in [-0.2, -0.15) is 0 Å². The van der Waals surface area contributed by atoms with Crippen molar-refractivity contribution in [3.8, 4) is 0 Å². The van der Waals surface area contributed by atoms with E-state index in [1.165, 1.54) is 11.3 Å². The maximum Gasteiger partial charge on any atom is 0.320 e. The molecule has 3 N–H and O–H groups in total. The number of likely N-dealkylation sites (tertiary alicyclic amines) is 1. The predicted molar refractivity (Wildman–Crippen MR) is 72.2 cm³/mol. The summed E-state index contributed by atoms with van der Waals surface area (Å²) in [5.41, 5.74) is 4.59. The topological polar surface area (TPSA) is 98.7 Å². The van der Waals surface area contributed by atoms with Crippen molar-refractivity contribution < 1.29 is 19.5 Å². The van der Waals surface area contributed by atoms with E-state index in [2.05, 4.69) is 10.9 Å². The number of carbonyl (C=O) groups is 3. The molecule has 0 radical (unpaired) electrons. The first-order valence-electron chi connectivity index (χ1n) is 6.17. The van der Waals surface area contributed by atoms with Crippen molar-refractivity contribution in [1.82, 2.24) is 15.8 Å². The van der Waals surface area contributed by atoms with Crippen LogP contribution in [0.1, 0.15) is 22.5 Å². The quantitative estimate of drug-likeness (QED) is 0.683. The summed E-state index contributed by atoms with van der Waals surface area (Å²) in [6.45, 7) is 0.533. The van der Waals surface area contributed by atoms with Gasteiger partial charge in [-0.25, -0.2) is 0 Å². The van der Waals surface area contributed by atoms with Gasteiger partial charge in [0.1, 0.15) is 6.04 Å². The van der Waals surface area contributed by atoms with Crippen molar-refractivity contribution in [2.75, 3.05) is 13.1 Å². The summed E-state index contributed by atoms with van der Waals surface area (Å²) in [6.07, 6.45) is 1.30. The van der Waals surface area contributed by atoms with Crippen LogP contribution in [-0.4, -0.2) is 46.9 Å². The normalized spacial score (nSPS) is 18.7. The van der Waals surface area contributed by atoms with Gasteiger partial charge in [0.05, 0.1) is 11.4 Å². The maximum atomic E-state index is 11.7. The minimum atomic E-state index is -0.919. The van der Waals surface area contributed by atoms with E-state index in [9.17, 15) is 14.4 Å². The number of carboxylic acids is 1. The molecule has 1 unspecified atom stereocenters. The summed E-state index contributed by atoms with van der Waals surface area (Å²) in [5, 5.41) is 10.8. The fourth-order valence-corrected chi connectivity index (χ4v) is 2.73. The summed E-state index contributed by atoms with van der Waals surface area (Å²) in [7, 11) is 0. The summed E-state index contributed by atoms with van der Waals surface area (Å²) >= 11 is 1.27. The fraction of sp³-hybridized carbons (Fsp3) is 0.417. The number of thiophene rings is 1. The van der Waals surface area contributed by atoms with Crippen LogP contribution in [0, 0.1) is 0 Å². The molecule has 1 atom stereocenters. The Kier molecular flexibility index (Phi) is 4.70. The van der Waals surface area contributed by atoms with Crippen LogP contribution >= 0.6 is 11.3 Å². The van der Waals surface area contributed by atoms with Crippen molar-refractivity contribution in [2.24, 2.45) is 0 Å². The highest BCUT2D eigenvalue weighted by Gasteiger charge is 2.31. The Hall–Kier alpha value is -1.93. The zero-order chi connectivity index (χ0) is 14.5. The molecular weight excluding hydrogens is 282 g/mol. The third kappa shape index (κ3) is 3.55. The lowest BCUT2D eigenvalue weighted by Crippen LogP contribution is -2.48. The van der Waals surface area contributed by atoms with Gasteiger partial charge in [0, 0.05) is 0 Å². The SMILES string of the molecule is O=C(CN1CCCC1C(=O)O)NNC(=O)c1cccs1. The lowest BCUT2D eigenvalue weighted by Gasteiger charge is -2.20. The molecule has 0 saturated carbocycles. The molecule has 20 heavy (non-hydrogen) atoms. The third-order valence-corrected chi connectivity index (χ3v) is 3.92. The van der Waals surface area contributed by atoms with Crippen molar-refractivity contribution in [3.05, 3.63) is 22.4 Å². The summed E-state index contributed by atoms with van der Waals surface area (Å²) in [6, 6.07) is 2.77. The highest BCUT2D eigenvalue weighted by atomic mass is 32.1. The van der Waals surface area contributed by atoms with Crippen LogP contribution in [0.3, 0.4) is 0 Å². The second-order valence-corrected chi connectivity index (χ2v) is 5.39. The number of carboxylic acid groups (broad SMARTS) is 1. The standard InChI is InChI=1S/C12H15N3O4S/c16-10(7-15-5-1-3-8(15)12(18)19)13-14-11(17)9-4-2-6-20-9/h2,4,6,8H,1,3,5,7H2,(H,13,16)(H,14,17)(H,18,19). The number of rotatable bonds is 4. The molecule has 0 aliphatic carbocycles. The van der Waals surface area contributed by atoms with Crippen molar-refractivity contribution in [3.63, 3.8) is 0 Å². The van der Waals surface area contributed by atoms with Crippen LogP contribution in [0.4, 0.5) is 0 Å². The first-order chi connectivity index (χ1) is 9.58. The number of carbonyl (C=O) groups excluding carboxylic acids is 2. The molecule has 1 saturated heterocycles. The van der Waals surface area contributed by atoms with E-state index in [-0.39, 0.29) is 12.5 Å². The van der Waals surface area contributed by atoms with Crippen LogP contribution < -0.4 is 10.9 Å². The Bertz CT molecular complexity index is 503. The monoisotopic (exact) mass is 297 g/mol. The molecule has 1 fully saturated rings. The molecule has 0 bridgehead atoms. The van der Waals surface area contributed by atoms with Gasteiger partial charge in [0.15, 0.2) is 0 Å². The highest BCUT2D eigenvalue weighted by molar-refractivity contribution is 7.12. The van der Waals surface area contributed by atoms with Crippen LogP contribution in [0.5, 0.6) is 0 Å². The third-order valence-electron chi connectivity index (χ3n) is 3.06. The van der Waals surface area contributed by atoms with Crippen molar-refractivity contribution in [2.45, 2.75) is 18.9 Å². The number of nitrogens with one attached hydrogen (secondary N) is 2. The van der Waals surface area contributed by atoms with Crippen LogP contribution in [0.25, 0.3) is 0 Å². The lowest BCUT2D eigenvalue weighted by atomic mass is 10.2. The first kappa shape index (κ1) is 14.5. The average molecular weight is 297 g/mol. The zero-order valence-corrected chi connectivity index (χ0v) is 11.5. The van der Waals surface area contributed by atoms with Crippen LogP contribution in [-0.2, 0) is 9.59 Å². The number of aliphatic carboxylic acids is 1. The molecule has 2 amide bonds. The molecule has 2 rings (SSSR count). The Morgan fingerprint density at radius 3 is 2.85 bits per heavy atom. The largest absolute Gasteiger partial charge is 0.480 e. The van der Waals surface area contributed by atoms with Gasteiger partial charge < -0.3 is 5.11 Å². The van der Waals surface area contributed by atoms with E-state index in [4.69, 9.17) is 5.11 Å². The van der Waals surface area contributed by atoms with E-state index >= 15 is 0 Å². The molecule has 1 aliphatic heterocycles. The van der Waals surface area contributed by atoms with E-state index in [1.54, 1.807) is 22.4 Å². The number of hydrogen-bond acceptors (Lipinski definition) is 5. The minimum Gasteiger partial charge on any atom is -0.480 e. The molecule has 7 nitrogen and oxygen atoms in total. The van der Waals surface area contributed by atoms with Gasteiger partial charge in [0.25, 0.3) is 11.8 Å². The van der Waals surface area contributed by atoms with Gasteiger partial charge in [0.2, 0.25) is 0 Å². The molecule has 0 spiro atoms. The molecule has 1 aromatic heterocycles. The maximum absolute atomic E-state index is 11.7. The van der Waals surface area contributed by atoms with Crippen molar-refractivity contribution in [1.29, 1.82) is 0 Å². The second-order valence-electron chi connectivity index (χ2n) is 4.45. The lowest BCUT2D eigenvalue weighted by molar-refractivity contribution is -0.142. The molecule has 1 aromatic rings. The van der Waals surface area contributed by atoms with E-state index in [0.717, 1.165) is 6.42 Å². The summed E-state index contributed by atoms with van der Waals surface area (Å²) < 4.78 is 0. The van der Waals surface area contributed by atoms with Gasteiger partial charge in [-0.3, -0.25) is 30.1 Å². The van der Waals surface area contributed by atoms with Crippen LogP contribution in [0.15, 0.2) is 17.5 Å². The Morgan fingerprint density at radius 1 is 1.40 bits per heavy atom. The summed E-state index contributed by atoms with van der Waals surface area (Å²) in [5.74, 6) is -1.73. The number of hydrazine groups is 1. The van der Waals surface area contributed by atoms with E-state index in [0.29, 0.717) is 17.8 Å². The van der Waals surface area contributed by atoms with Gasteiger partial charge in [-0.15, -0.1) is 11.3 Å². The molecule has 0 aromatic carbocycles. The molecular formula is C12H15N3O4S.